The third-order valence-corrected chi connectivity index (χ3v) is 2.61. The number of nitriles is 1. The second-order valence-electron chi connectivity index (χ2n) is 4.29. The molecule has 0 spiro atoms. The number of nitrogens with zero attached hydrogens (tertiary/aromatic N) is 1. The van der Waals surface area contributed by atoms with Crippen molar-refractivity contribution in [1.29, 1.82) is 5.26 Å². The molecule has 0 saturated heterocycles. The lowest BCUT2D eigenvalue weighted by Gasteiger charge is -2.07. The molecule has 0 aliphatic heterocycles. The first kappa shape index (κ1) is 14.3. The Morgan fingerprint density at radius 1 is 1.14 bits per heavy atom. The third kappa shape index (κ3) is 3.91. The average molecular weight is 280 g/mol. The summed E-state index contributed by atoms with van der Waals surface area (Å²) in [5.41, 5.74) is 1.37. The van der Waals surface area contributed by atoms with Gasteiger partial charge in [0.2, 0.25) is 5.91 Å². The molecule has 2 aromatic carbocycles. The zero-order valence-corrected chi connectivity index (χ0v) is 11.3. The third-order valence-electron chi connectivity index (χ3n) is 2.61. The Morgan fingerprint density at radius 2 is 1.86 bits per heavy atom. The summed E-state index contributed by atoms with van der Waals surface area (Å²) in [6.07, 6.45) is 0. The Kier molecular flexibility index (Phi) is 4.32. The zero-order chi connectivity index (χ0) is 15.2. The number of nitrogens with one attached hydrogen (secondary N) is 1. The molecule has 0 aliphatic rings. The van der Waals surface area contributed by atoms with Crippen molar-refractivity contribution in [3.63, 3.8) is 0 Å². The summed E-state index contributed by atoms with van der Waals surface area (Å²) < 4.78 is 5.22. The van der Waals surface area contributed by atoms with Gasteiger partial charge < -0.3 is 10.1 Å². The number of benzene rings is 2. The van der Waals surface area contributed by atoms with Crippen LogP contribution in [-0.2, 0) is 4.79 Å². The highest BCUT2D eigenvalue weighted by Gasteiger charge is 2.09. The van der Waals surface area contributed by atoms with Crippen LogP contribution in [0.5, 0.6) is 5.75 Å². The van der Waals surface area contributed by atoms with Gasteiger partial charge in [0.1, 0.15) is 5.75 Å². The number of rotatable bonds is 3. The van der Waals surface area contributed by atoms with Crippen molar-refractivity contribution >= 4 is 17.6 Å². The van der Waals surface area contributed by atoms with E-state index in [4.69, 9.17) is 10.00 Å². The first-order valence-corrected chi connectivity index (χ1v) is 6.18. The van der Waals surface area contributed by atoms with E-state index in [2.05, 4.69) is 5.32 Å². The highest BCUT2D eigenvalue weighted by atomic mass is 16.5. The van der Waals surface area contributed by atoms with Crippen LogP contribution in [0.25, 0.3) is 0 Å². The summed E-state index contributed by atoms with van der Waals surface area (Å²) in [7, 11) is 0. The molecule has 1 amide bonds. The molecule has 0 aromatic heterocycles. The van der Waals surface area contributed by atoms with Crippen LogP contribution >= 0.6 is 0 Å². The van der Waals surface area contributed by atoms with Crippen molar-refractivity contribution in [2.75, 3.05) is 5.32 Å². The van der Waals surface area contributed by atoms with Gasteiger partial charge in [-0.25, -0.2) is 4.79 Å². The number of carbonyl (C=O) groups is 2. The predicted octanol–water partition coefficient (Wildman–Crippen LogP) is 2.74. The fraction of sp³-hybridized carbons (Fsp3) is 0.0625. The van der Waals surface area contributed by atoms with Crippen LogP contribution in [0.1, 0.15) is 22.8 Å². The van der Waals surface area contributed by atoms with Crippen LogP contribution in [0, 0.1) is 11.3 Å². The second kappa shape index (κ2) is 6.35. The van der Waals surface area contributed by atoms with E-state index in [1.165, 1.54) is 19.1 Å². The molecule has 0 radical (unpaired) electrons. The molecule has 2 aromatic rings. The maximum atomic E-state index is 12.0. The van der Waals surface area contributed by atoms with Gasteiger partial charge in [0.25, 0.3) is 0 Å². The normalized spacial score (nSPS) is 9.52. The molecule has 0 fully saturated rings. The van der Waals surface area contributed by atoms with Crippen molar-refractivity contribution in [1.82, 2.24) is 0 Å². The standard InChI is InChI=1S/C16H12N2O3/c1-11(19)18-14-3-2-4-15(9-14)21-16(20)13-7-5-12(10-17)6-8-13/h2-9H,1H3,(H,18,19). The Bertz CT molecular complexity index is 715. The van der Waals surface area contributed by atoms with Crippen LogP contribution in [0.2, 0.25) is 0 Å². The topological polar surface area (TPSA) is 79.2 Å². The molecule has 21 heavy (non-hydrogen) atoms. The fourth-order valence-corrected chi connectivity index (χ4v) is 1.69. The van der Waals surface area contributed by atoms with Crippen LogP contribution in [0.3, 0.4) is 0 Å². The summed E-state index contributed by atoms with van der Waals surface area (Å²) in [6.45, 7) is 1.40. The van der Waals surface area contributed by atoms with Crippen molar-refractivity contribution in [2.45, 2.75) is 6.92 Å². The highest BCUT2D eigenvalue weighted by Crippen LogP contribution is 2.18. The lowest BCUT2D eigenvalue weighted by Crippen LogP contribution is -2.09. The van der Waals surface area contributed by atoms with E-state index in [1.807, 2.05) is 6.07 Å². The van der Waals surface area contributed by atoms with Crippen LogP contribution in [-0.4, -0.2) is 11.9 Å². The lowest BCUT2D eigenvalue weighted by atomic mass is 10.1. The monoisotopic (exact) mass is 280 g/mol. The van der Waals surface area contributed by atoms with E-state index in [0.717, 1.165) is 0 Å². The van der Waals surface area contributed by atoms with E-state index in [0.29, 0.717) is 22.6 Å². The zero-order valence-electron chi connectivity index (χ0n) is 11.3. The van der Waals surface area contributed by atoms with E-state index < -0.39 is 5.97 Å². The van der Waals surface area contributed by atoms with Crippen molar-refractivity contribution in [2.24, 2.45) is 0 Å². The van der Waals surface area contributed by atoms with Gasteiger partial charge in [0, 0.05) is 18.7 Å². The average Bonchev–Trinajstić information content (AvgIpc) is 2.47. The molecule has 5 heteroatoms. The minimum atomic E-state index is -0.528. The van der Waals surface area contributed by atoms with E-state index in [9.17, 15) is 9.59 Å². The lowest BCUT2D eigenvalue weighted by molar-refractivity contribution is -0.114. The number of anilines is 1. The molecular formula is C16H12N2O3. The van der Waals surface area contributed by atoms with Crippen LogP contribution < -0.4 is 10.1 Å². The van der Waals surface area contributed by atoms with E-state index >= 15 is 0 Å². The highest BCUT2D eigenvalue weighted by molar-refractivity contribution is 5.92. The molecule has 0 heterocycles. The molecule has 1 N–H and O–H groups in total. The van der Waals surface area contributed by atoms with Gasteiger partial charge in [-0.15, -0.1) is 0 Å². The van der Waals surface area contributed by atoms with Gasteiger partial charge >= 0.3 is 5.97 Å². The number of hydrogen-bond donors (Lipinski definition) is 1. The van der Waals surface area contributed by atoms with Crippen LogP contribution in [0.15, 0.2) is 48.5 Å². The van der Waals surface area contributed by atoms with Gasteiger partial charge in [-0.05, 0) is 36.4 Å². The Hall–Kier alpha value is -3.13. The number of ether oxygens (including phenoxy) is 1. The molecular weight excluding hydrogens is 268 g/mol. The Labute approximate surface area is 121 Å². The van der Waals surface area contributed by atoms with E-state index in [-0.39, 0.29) is 5.91 Å². The van der Waals surface area contributed by atoms with Gasteiger partial charge in [0.05, 0.1) is 17.2 Å². The first-order chi connectivity index (χ1) is 10.1. The second-order valence-corrected chi connectivity index (χ2v) is 4.29. The van der Waals surface area contributed by atoms with E-state index in [1.54, 1.807) is 36.4 Å². The van der Waals surface area contributed by atoms with Gasteiger partial charge in [0.15, 0.2) is 0 Å². The maximum Gasteiger partial charge on any atom is 0.343 e. The summed E-state index contributed by atoms with van der Waals surface area (Å²) in [6, 6.07) is 14.7. The largest absolute Gasteiger partial charge is 0.423 e. The molecule has 0 atom stereocenters. The van der Waals surface area contributed by atoms with Crippen molar-refractivity contribution < 1.29 is 14.3 Å². The first-order valence-electron chi connectivity index (χ1n) is 6.18. The summed E-state index contributed by atoms with van der Waals surface area (Å²) in [5, 5.41) is 11.3. The van der Waals surface area contributed by atoms with Gasteiger partial charge in [-0.1, -0.05) is 6.07 Å². The maximum absolute atomic E-state index is 12.0. The predicted molar refractivity (Wildman–Crippen MR) is 76.9 cm³/mol. The van der Waals surface area contributed by atoms with Gasteiger partial charge in [-0.3, -0.25) is 4.79 Å². The Morgan fingerprint density at radius 3 is 2.48 bits per heavy atom. The van der Waals surface area contributed by atoms with Gasteiger partial charge in [-0.2, -0.15) is 5.26 Å². The molecule has 0 bridgehead atoms. The fourth-order valence-electron chi connectivity index (χ4n) is 1.69. The molecule has 0 unspecified atom stereocenters. The summed E-state index contributed by atoms with van der Waals surface area (Å²) >= 11 is 0. The number of amides is 1. The summed E-state index contributed by atoms with van der Waals surface area (Å²) in [5.74, 6) is -0.402. The molecule has 2 rings (SSSR count). The minimum Gasteiger partial charge on any atom is -0.423 e. The molecule has 5 nitrogen and oxygen atoms in total. The number of esters is 1. The quantitative estimate of drug-likeness (QED) is 0.692. The molecule has 0 aliphatic carbocycles. The smallest absolute Gasteiger partial charge is 0.343 e. The van der Waals surface area contributed by atoms with Crippen LogP contribution in [0.4, 0.5) is 5.69 Å². The molecule has 0 saturated carbocycles. The van der Waals surface area contributed by atoms with Crippen molar-refractivity contribution in [3.8, 4) is 11.8 Å². The number of carbonyl (C=O) groups excluding carboxylic acids is 2. The SMILES string of the molecule is CC(=O)Nc1cccc(OC(=O)c2ccc(C#N)cc2)c1. The van der Waals surface area contributed by atoms with Crippen molar-refractivity contribution in [3.05, 3.63) is 59.7 Å². The Balaban J connectivity index is 2.11. The number of hydrogen-bond acceptors (Lipinski definition) is 4. The molecule has 104 valence electrons. The minimum absolute atomic E-state index is 0.203. The summed E-state index contributed by atoms with van der Waals surface area (Å²) in [4.78, 5) is 22.9.